The molecule has 1 N–H and O–H groups in total. The van der Waals surface area contributed by atoms with Crippen LogP contribution in [0, 0.1) is 5.92 Å². The molecule has 0 aromatic heterocycles. The summed E-state index contributed by atoms with van der Waals surface area (Å²) in [6, 6.07) is 2.42. The van der Waals surface area contributed by atoms with Crippen molar-refractivity contribution in [2.75, 3.05) is 13.6 Å². The lowest BCUT2D eigenvalue weighted by atomic mass is 9.93. The van der Waals surface area contributed by atoms with Crippen LogP contribution in [0.5, 0.6) is 0 Å². The van der Waals surface area contributed by atoms with Gasteiger partial charge in [-0.25, -0.2) is 0 Å². The van der Waals surface area contributed by atoms with E-state index in [4.69, 9.17) is 0 Å². The molecular formula is C13H26N2. The van der Waals surface area contributed by atoms with Crippen molar-refractivity contribution >= 4 is 0 Å². The van der Waals surface area contributed by atoms with Crippen LogP contribution in [0.4, 0.5) is 0 Å². The fourth-order valence-corrected chi connectivity index (χ4v) is 3.56. The van der Waals surface area contributed by atoms with Crippen LogP contribution in [0.1, 0.15) is 46.0 Å². The maximum absolute atomic E-state index is 3.43. The van der Waals surface area contributed by atoms with Crippen molar-refractivity contribution in [1.29, 1.82) is 0 Å². The molecule has 1 aliphatic carbocycles. The molecule has 2 fully saturated rings. The van der Waals surface area contributed by atoms with Crippen LogP contribution in [0.25, 0.3) is 0 Å². The molecule has 88 valence electrons. The van der Waals surface area contributed by atoms with E-state index in [1.807, 2.05) is 0 Å². The van der Waals surface area contributed by atoms with Gasteiger partial charge in [-0.1, -0.05) is 13.3 Å². The van der Waals surface area contributed by atoms with Gasteiger partial charge in [0.05, 0.1) is 0 Å². The third kappa shape index (κ3) is 2.36. The molecular weight excluding hydrogens is 184 g/mol. The highest BCUT2D eigenvalue weighted by Gasteiger charge is 2.34. The number of rotatable bonds is 2. The Labute approximate surface area is 94.4 Å². The van der Waals surface area contributed by atoms with Crippen molar-refractivity contribution in [3.8, 4) is 0 Å². The van der Waals surface area contributed by atoms with E-state index in [0.717, 1.165) is 24.0 Å². The Morgan fingerprint density at radius 2 is 1.93 bits per heavy atom. The molecule has 4 atom stereocenters. The predicted molar refractivity (Wildman–Crippen MR) is 65.1 cm³/mol. The smallest absolute Gasteiger partial charge is 0.0124 e. The Bertz CT molecular complexity index is 205. The topological polar surface area (TPSA) is 15.3 Å². The summed E-state index contributed by atoms with van der Waals surface area (Å²) in [5, 5.41) is 3.43. The van der Waals surface area contributed by atoms with Crippen LogP contribution in [-0.2, 0) is 0 Å². The van der Waals surface area contributed by atoms with Crippen LogP contribution in [0.15, 0.2) is 0 Å². The molecule has 1 saturated carbocycles. The van der Waals surface area contributed by atoms with Crippen molar-refractivity contribution < 1.29 is 0 Å². The number of hydrogen-bond donors (Lipinski definition) is 1. The Morgan fingerprint density at radius 3 is 2.47 bits per heavy atom. The molecule has 2 aliphatic rings. The van der Waals surface area contributed by atoms with Gasteiger partial charge in [0.1, 0.15) is 0 Å². The van der Waals surface area contributed by atoms with Crippen LogP contribution in [0.2, 0.25) is 0 Å². The zero-order valence-electron chi connectivity index (χ0n) is 10.5. The third-order valence-electron chi connectivity index (χ3n) is 4.58. The predicted octanol–water partition coefficient (Wildman–Crippen LogP) is 2.25. The van der Waals surface area contributed by atoms with Crippen LogP contribution >= 0.6 is 0 Å². The van der Waals surface area contributed by atoms with Gasteiger partial charge in [0.25, 0.3) is 0 Å². The molecule has 1 aliphatic heterocycles. The Kier molecular flexibility index (Phi) is 3.68. The van der Waals surface area contributed by atoms with Crippen LogP contribution in [0.3, 0.4) is 0 Å². The molecule has 15 heavy (non-hydrogen) atoms. The van der Waals surface area contributed by atoms with Gasteiger partial charge in [0.2, 0.25) is 0 Å². The first kappa shape index (κ1) is 11.4. The first-order valence-corrected chi connectivity index (χ1v) is 6.65. The van der Waals surface area contributed by atoms with E-state index >= 15 is 0 Å². The first-order valence-electron chi connectivity index (χ1n) is 6.65. The summed E-state index contributed by atoms with van der Waals surface area (Å²) in [4.78, 5) is 2.78. The first-order chi connectivity index (χ1) is 7.22. The van der Waals surface area contributed by atoms with Gasteiger partial charge in [-0.3, -0.25) is 4.90 Å². The number of piperidine rings is 1. The van der Waals surface area contributed by atoms with Gasteiger partial charge in [0, 0.05) is 24.7 Å². The van der Waals surface area contributed by atoms with Gasteiger partial charge >= 0.3 is 0 Å². The standard InChI is InChI=1S/C13H26N2/c1-10-5-4-6-13(10)15-8-7-12(14-3)9-11(15)2/h10-14H,4-9H2,1-3H3. The van der Waals surface area contributed by atoms with Gasteiger partial charge in [-0.15, -0.1) is 0 Å². The van der Waals surface area contributed by atoms with Crippen LogP contribution < -0.4 is 5.32 Å². The maximum Gasteiger partial charge on any atom is 0.0124 e. The Balaban J connectivity index is 1.93. The van der Waals surface area contributed by atoms with E-state index in [0.29, 0.717) is 0 Å². The monoisotopic (exact) mass is 210 g/mol. The second-order valence-electron chi connectivity index (χ2n) is 5.57. The number of nitrogens with one attached hydrogen (secondary N) is 1. The number of likely N-dealkylation sites (tertiary alicyclic amines) is 1. The van der Waals surface area contributed by atoms with Crippen molar-refractivity contribution in [1.82, 2.24) is 10.2 Å². The fourth-order valence-electron chi connectivity index (χ4n) is 3.56. The molecule has 0 radical (unpaired) electrons. The molecule has 0 bridgehead atoms. The summed E-state index contributed by atoms with van der Waals surface area (Å²) in [6.07, 6.45) is 7.01. The quantitative estimate of drug-likeness (QED) is 0.752. The summed E-state index contributed by atoms with van der Waals surface area (Å²) < 4.78 is 0. The molecule has 0 aromatic carbocycles. The molecule has 2 nitrogen and oxygen atoms in total. The minimum atomic E-state index is 0.757. The zero-order chi connectivity index (χ0) is 10.8. The third-order valence-corrected chi connectivity index (χ3v) is 4.58. The number of nitrogens with zero attached hydrogens (tertiary/aromatic N) is 1. The van der Waals surface area contributed by atoms with Gasteiger partial charge < -0.3 is 5.32 Å². The van der Waals surface area contributed by atoms with Crippen molar-refractivity contribution in [2.24, 2.45) is 5.92 Å². The fraction of sp³-hybridized carbons (Fsp3) is 1.00. The van der Waals surface area contributed by atoms with E-state index in [1.54, 1.807) is 0 Å². The summed E-state index contributed by atoms with van der Waals surface area (Å²) >= 11 is 0. The van der Waals surface area contributed by atoms with E-state index < -0.39 is 0 Å². The van der Waals surface area contributed by atoms with E-state index in [-0.39, 0.29) is 0 Å². The highest BCUT2D eigenvalue weighted by molar-refractivity contribution is 4.90. The van der Waals surface area contributed by atoms with E-state index in [9.17, 15) is 0 Å². The lowest BCUT2D eigenvalue weighted by Crippen LogP contribution is -2.51. The highest BCUT2D eigenvalue weighted by Crippen LogP contribution is 2.33. The summed E-state index contributed by atoms with van der Waals surface area (Å²) in [5.41, 5.74) is 0. The SMILES string of the molecule is CNC1CCN(C2CCCC2C)C(C)C1. The Morgan fingerprint density at radius 1 is 1.13 bits per heavy atom. The Hall–Kier alpha value is -0.0800. The summed E-state index contributed by atoms with van der Waals surface area (Å²) in [7, 11) is 2.10. The molecule has 2 rings (SSSR count). The minimum Gasteiger partial charge on any atom is -0.317 e. The maximum atomic E-state index is 3.43. The highest BCUT2D eigenvalue weighted by atomic mass is 15.2. The number of hydrogen-bond acceptors (Lipinski definition) is 2. The van der Waals surface area contributed by atoms with Crippen molar-refractivity contribution in [3.05, 3.63) is 0 Å². The normalized spacial score (nSPS) is 43.4. The minimum absolute atomic E-state index is 0.757. The second-order valence-corrected chi connectivity index (χ2v) is 5.57. The van der Waals surface area contributed by atoms with Gasteiger partial charge in [-0.2, -0.15) is 0 Å². The summed E-state index contributed by atoms with van der Waals surface area (Å²) in [5.74, 6) is 0.929. The largest absolute Gasteiger partial charge is 0.317 e. The lowest BCUT2D eigenvalue weighted by molar-refractivity contribution is 0.0733. The van der Waals surface area contributed by atoms with Crippen molar-refractivity contribution in [3.63, 3.8) is 0 Å². The molecule has 0 aromatic rings. The van der Waals surface area contributed by atoms with Gasteiger partial charge in [-0.05, 0) is 45.6 Å². The lowest BCUT2D eigenvalue weighted by Gasteiger charge is -2.42. The van der Waals surface area contributed by atoms with Crippen LogP contribution in [-0.4, -0.2) is 36.6 Å². The van der Waals surface area contributed by atoms with Crippen molar-refractivity contribution in [2.45, 2.75) is 64.1 Å². The van der Waals surface area contributed by atoms with E-state index in [1.165, 1.54) is 38.6 Å². The molecule has 4 unspecified atom stereocenters. The molecule has 0 amide bonds. The molecule has 2 heteroatoms. The average Bonchev–Trinajstić information content (AvgIpc) is 2.64. The second kappa shape index (κ2) is 4.84. The van der Waals surface area contributed by atoms with E-state index in [2.05, 4.69) is 31.1 Å². The summed E-state index contributed by atoms with van der Waals surface area (Å²) in [6.45, 7) is 6.16. The molecule has 1 heterocycles. The molecule has 1 saturated heterocycles. The molecule has 0 spiro atoms. The van der Waals surface area contributed by atoms with Gasteiger partial charge in [0.15, 0.2) is 0 Å². The zero-order valence-corrected chi connectivity index (χ0v) is 10.5. The average molecular weight is 210 g/mol.